The lowest BCUT2D eigenvalue weighted by molar-refractivity contribution is -0.0989. The molecule has 2 unspecified atom stereocenters. The first-order valence-corrected chi connectivity index (χ1v) is 5.03. The highest BCUT2D eigenvalue weighted by atomic mass is 16.5. The van der Waals surface area contributed by atoms with Crippen molar-refractivity contribution in [2.45, 2.75) is 37.8 Å². The number of methoxy groups -OCH3 is 1. The fourth-order valence-electron chi connectivity index (χ4n) is 1.96. The summed E-state index contributed by atoms with van der Waals surface area (Å²) in [6, 6.07) is 0.304. The van der Waals surface area contributed by atoms with Gasteiger partial charge in [-0.25, -0.2) is 0 Å². The third-order valence-electron chi connectivity index (χ3n) is 2.92. The second kappa shape index (κ2) is 4.94. The Morgan fingerprint density at radius 2 is 2.31 bits per heavy atom. The van der Waals surface area contributed by atoms with Crippen LogP contribution in [0.15, 0.2) is 0 Å². The van der Waals surface area contributed by atoms with Crippen molar-refractivity contribution >= 4 is 0 Å². The van der Waals surface area contributed by atoms with Gasteiger partial charge in [0, 0.05) is 13.7 Å². The molecule has 0 aliphatic carbocycles. The molecule has 3 heteroatoms. The molecule has 1 heterocycles. The van der Waals surface area contributed by atoms with Gasteiger partial charge in [0.1, 0.15) is 0 Å². The van der Waals surface area contributed by atoms with Gasteiger partial charge in [-0.1, -0.05) is 0 Å². The lowest BCUT2D eigenvalue weighted by Crippen LogP contribution is -2.53. The van der Waals surface area contributed by atoms with Crippen molar-refractivity contribution in [1.82, 2.24) is 5.32 Å². The zero-order valence-corrected chi connectivity index (χ0v) is 8.93. The Hall–Kier alpha value is -0.120. The van der Waals surface area contributed by atoms with Gasteiger partial charge in [-0.2, -0.15) is 0 Å². The van der Waals surface area contributed by atoms with Crippen molar-refractivity contribution in [3.8, 4) is 0 Å². The predicted molar refractivity (Wildman–Crippen MR) is 52.9 cm³/mol. The van der Waals surface area contributed by atoms with E-state index in [1.165, 1.54) is 12.8 Å². The van der Waals surface area contributed by atoms with Crippen LogP contribution in [0.5, 0.6) is 0 Å². The van der Waals surface area contributed by atoms with Gasteiger partial charge in [0.25, 0.3) is 0 Å². The summed E-state index contributed by atoms with van der Waals surface area (Å²) in [7, 11) is 3.70. The first-order valence-electron chi connectivity index (χ1n) is 5.03. The minimum Gasteiger partial charge on any atom is -0.383 e. The van der Waals surface area contributed by atoms with E-state index in [9.17, 15) is 0 Å². The summed E-state index contributed by atoms with van der Waals surface area (Å²) in [5, 5.41) is 3.26. The molecule has 0 aromatic rings. The molecule has 0 aromatic heterocycles. The van der Waals surface area contributed by atoms with E-state index in [4.69, 9.17) is 9.47 Å². The molecule has 0 saturated carbocycles. The van der Waals surface area contributed by atoms with Crippen molar-refractivity contribution in [2.75, 3.05) is 27.4 Å². The highest BCUT2D eigenvalue weighted by Gasteiger charge is 2.35. The summed E-state index contributed by atoms with van der Waals surface area (Å²) < 4.78 is 11.0. The largest absolute Gasteiger partial charge is 0.383 e. The molecule has 0 bridgehead atoms. The molecule has 0 aromatic carbocycles. The summed E-state index contributed by atoms with van der Waals surface area (Å²) in [6.45, 7) is 3.78. The van der Waals surface area contributed by atoms with Gasteiger partial charge in [0.2, 0.25) is 0 Å². The molecule has 0 spiro atoms. The molecule has 1 aliphatic heterocycles. The Morgan fingerprint density at radius 1 is 1.54 bits per heavy atom. The monoisotopic (exact) mass is 187 g/mol. The molecular formula is C10H21NO2. The number of likely N-dealkylation sites (N-methyl/N-ethyl adjacent to an activating group) is 1. The van der Waals surface area contributed by atoms with Crippen LogP contribution >= 0.6 is 0 Å². The van der Waals surface area contributed by atoms with Crippen molar-refractivity contribution in [2.24, 2.45) is 0 Å². The van der Waals surface area contributed by atoms with E-state index in [0.29, 0.717) is 12.6 Å². The van der Waals surface area contributed by atoms with Crippen LogP contribution in [0.4, 0.5) is 0 Å². The highest BCUT2D eigenvalue weighted by molar-refractivity contribution is 4.90. The molecule has 0 amide bonds. The first-order chi connectivity index (χ1) is 6.23. The van der Waals surface area contributed by atoms with Crippen LogP contribution in [0.3, 0.4) is 0 Å². The van der Waals surface area contributed by atoms with Gasteiger partial charge in [0.05, 0.1) is 18.2 Å². The SMILES string of the molecule is CNC(COC)C1(C)CCCCO1. The Labute approximate surface area is 80.8 Å². The second-order valence-electron chi connectivity index (χ2n) is 3.91. The van der Waals surface area contributed by atoms with Crippen LogP contribution in [0.25, 0.3) is 0 Å². The summed E-state index contributed by atoms with van der Waals surface area (Å²) in [4.78, 5) is 0. The normalized spacial score (nSPS) is 31.6. The number of rotatable bonds is 4. The van der Waals surface area contributed by atoms with Crippen LogP contribution in [0.2, 0.25) is 0 Å². The first kappa shape index (κ1) is 11.0. The maximum Gasteiger partial charge on any atom is 0.0829 e. The predicted octanol–water partition coefficient (Wildman–Crippen LogP) is 1.18. The van der Waals surface area contributed by atoms with Gasteiger partial charge in [0.15, 0.2) is 0 Å². The Kier molecular flexibility index (Phi) is 4.16. The Bertz CT molecular complexity index is 144. The summed E-state index contributed by atoms with van der Waals surface area (Å²) in [5.74, 6) is 0. The number of nitrogens with one attached hydrogen (secondary N) is 1. The molecule has 1 N–H and O–H groups in total. The van der Waals surface area contributed by atoms with Crippen LogP contribution in [0.1, 0.15) is 26.2 Å². The smallest absolute Gasteiger partial charge is 0.0829 e. The molecule has 1 aliphatic rings. The lowest BCUT2D eigenvalue weighted by atomic mass is 9.88. The van der Waals surface area contributed by atoms with Gasteiger partial charge in [-0.05, 0) is 33.2 Å². The number of hydrogen-bond acceptors (Lipinski definition) is 3. The molecule has 78 valence electrons. The van der Waals surface area contributed by atoms with Gasteiger partial charge >= 0.3 is 0 Å². The quantitative estimate of drug-likeness (QED) is 0.717. The van der Waals surface area contributed by atoms with Gasteiger partial charge < -0.3 is 14.8 Å². The highest BCUT2D eigenvalue weighted by Crippen LogP contribution is 2.27. The fourth-order valence-corrected chi connectivity index (χ4v) is 1.96. The zero-order valence-electron chi connectivity index (χ0n) is 8.93. The standard InChI is InChI=1S/C10H21NO2/c1-10(6-4-5-7-13-10)9(11-2)8-12-3/h9,11H,4-8H2,1-3H3. The van der Waals surface area contributed by atoms with Crippen molar-refractivity contribution in [3.63, 3.8) is 0 Å². The Morgan fingerprint density at radius 3 is 2.77 bits per heavy atom. The maximum absolute atomic E-state index is 5.83. The van der Waals surface area contributed by atoms with Crippen LogP contribution in [0, 0.1) is 0 Å². The van der Waals surface area contributed by atoms with Gasteiger partial charge in [-0.3, -0.25) is 0 Å². The average Bonchev–Trinajstić information content (AvgIpc) is 2.15. The van der Waals surface area contributed by atoms with Crippen LogP contribution in [-0.4, -0.2) is 39.0 Å². The average molecular weight is 187 g/mol. The summed E-state index contributed by atoms with van der Waals surface area (Å²) in [6.07, 6.45) is 3.58. The van der Waals surface area contributed by atoms with Crippen molar-refractivity contribution in [3.05, 3.63) is 0 Å². The molecule has 13 heavy (non-hydrogen) atoms. The van der Waals surface area contributed by atoms with Crippen LogP contribution in [-0.2, 0) is 9.47 Å². The van der Waals surface area contributed by atoms with Crippen molar-refractivity contribution < 1.29 is 9.47 Å². The summed E-state index contributed by atoms with van der Waals surface area (Å²) >= 11 is 0. The summed E-state index contributed by atoms with van der Waals surface area (Å²) in [5.41, 5.74) is -0.0387. The minimum atomic E-state index is -0.0387. The molecule has 1 fully saturated rings. The molecule has 2 atom stereocenters. The van der Waals surface area contributed by atoms with Crippen LogP contribution < -0.4 is 5.32 Å². The fraction of sp³-hybridized carbons (Fsp3) is 1.00. The van der Waals surface area contributed by atoms with E-state index in [0.717, 1.165) is 13.0 Å². The van der Waals surface area contributed by atoms with Gasteiger partial charge in [-0.15, -0.1) is 0 Å². The Balaban J connectivity index is 2.52. The second-order valence-corrected chi connectivity index (χ2v) is 3.91. The lowest BCUT2D eigenvalue weighted by Gasteiger charge is -2.40. The minimum absolute atomic E-state index is 0.0387. The topological polar surface area (TPSA) is 30.5 Å². The molecule has 0 radical (unpaired) electrons. The molecule has 1 saturated heterocycles. The molecular weight excluding hydrogens is 166 g/mol. The van der Waals surface area contributed by atoms with E-state index in [1.54, 1.807) is 7.11 Å². The third kappa shape index (κ3) is 2.66. The van der Waals surface area contributed by atoms with Crippen molar-refractivity contribution in [1.29, 1.82) is 0 Å². The molecule has 3 nitrogen and oxygen atoms in total. The number of hydrogen-bond donors (Lipinski definition) is 1. The molecule has 1 rings (SSSR count). The van der Waals surface area contributed by atoms with E-state index in [-0.39, 0.29) is 5.60 Å². The van der Waals surface area contributed by atoms with E-state index in [2.05, 4.69) is 12.2 Å². The van der Waals surface area contributed by atoms with E-state index >= 15 is 0 Å². The zero-order chi connectivity index (χ0) is 9.73. The van der Waals surface area contributed by atoms with E-state index < -0.39 is 0 Å². The third-order valence-corrected chi connectivity index (χ3v) is 2.92. The maximum atomic E-state index is 5.83. The van der Waals surface area contributed by atoms with E-state index in [1.807, 2.05) is 7.05 Å². The number of ether oxygens (including phenoxy) is 2.